The van der Waals surface area contributed by atoms with E-state index in [0.717, 1.165) is 35.3 Å². The number of piperidine rings is 1. The van der Waals surface area contributed by atoms with Crippen LogP contribution in [0.5, 0.6) is 0 Å². The van der Waals surface area contributed by atoms with Crippen LogP contribution in [-0.2, 0) is 30.4 Å². The Morgan fingerprint density at radius 1 is 1.07 bits per heavy atom. The van der Waals surface area contributed by atoms with Gasteiger partial charge in [-0.05, 0) is 30.7 Å². The van der Waals surface area contributed by atoms with Gasteiger partial charge in [-0.15, -0.1) is 0 Å². The molecule has 0 aromatic heterocycles. The van der Waals surface area contributed by atoms with E-state index >= 15 is 0 Å². The highest BCUT2D eigenvalue weighted by molar-refractivity contribution is 6.33. The summed E-state index contributed by atoms with van der Waals surface area (Å²) in [6.45, 7) is 0.962. The predicted molar refractivity (Wildman–Crippen MR) is 111 cm³/mol. The molecule has 2 aromatic rings. The Bertz CT molecular complexity index is 952. The fourth-order valence-corrected chi connectivity index (χ4v) is 3.91. The SMILES string of the molecule is CN1CCC(OCc2ccc(-c3ccccc3Cl)cc2)CC12OC(=O)C=CC(=O)O2. The number of carbonyl (C=O) groups is 2. The third-order valence-corrected chi connectivity index (χ3v) is 5.68. The van der Waals surface area contributed by atoms with Crippen molar-refractivity contribution in [3.63, 3.8) is 0 Å². The Morgan fingerprint density at radius 3 is 2.40 bits per heavy atom. The standard InChI is InChI=1S/C23H22ClNO5/c1-25-13-12-18(14-23(25)29-21(26)10-11-22(27)30-23)28-15-16-6-8-17(9-7-16)19-4-2-3-5-20(19)24/h2-11,18H,12-15H2,1H3. The topological polar surface area (TPSA) is 65.1 Å². The van der Waals surface area contributed by atoms with E-state index in [1.807, 2.05) is 48.5 Å². The van der Waals surface area contributed by atoms with E-state index in [9.17, 15) is 9.59 Å². The van der Waals surface area contributed by atoms with Crippen LogP contribution in [0, 0.1) is 0 Å². The molecule has 30 heavy (non-hydrogen) atoms. The minimum absolute atomic E-state index is 0.219. The van der Waals surface area contributed by atoms with Crippen molar-refractivity contribution in [1.29, 1.82) is 0 Å². The summed E-state index contributed by atoms with van der Waals surface area (Å²) in [6, 6.07) is 15.7. The zero-order valence-electron chi connectivity index (χ0n) is 16.5. The van der Waals surface area contributed by atoms with E-state index in [1.165, 1.54) is 0 Å². The smallest absolute Gasteiger partial charge is 0.335 e. The molecule has 7 heteroatoms. The minimum Gasteiger partial charge on any atom is -0.405 e. The van der Waals surface area contributed by atoms with Crippen LogP contribution >= 0.6 is 11.6 Å². The number of esters is 2. The molecular formula is C23H22ClNO5. The number of nitrogens with zero attached hydrogens (tertiary/aromatic N) is 1. The van der Waals surface area contributed by atoms with Crippen LogP contribution in [-0.4, -0.2) is 42.4 Å². The zero-order chi connectivity index (χ0) is 21.1. The van der Waals surface area contributed by atoms with Crippen LogP contribution in [0.3, 0.4) is 0 Å². The quantitative estimate of drug-likeness (QED) is 0.689. The van der Waals surface area contributed by atoms with Gasteiger partial charge in [-0.1, -0.05) is 54.1 Å². The van der Waals surface area contributed by atoms with Crippen LogP contribution in [0.1, 0.15) is 18.4 Å². The van der Waals surface area contributed by atoms with Crippen molar-refractivity contribution in [1.82, 2.24) is 4.90 Å². The summed E-state index contributed by atoms with van der Waals surface area (Å²) in [5.74, 6) is -2.65. The maximum atomic E-state index is 11.9. The lowest BCUT2D eigenvalue weighted by molar-refractivity contribution is -0.300. The molecule has 4 rings (SSSR count). The Balaban J connectivity index is 1.41. The number of rotatable bonds is 4. The summed E-state index contributed by atoms with van der Waals surface area (Å²) in [5.41, 5.74) is 3.03. The molecule has 6 nitrogen and oxygen atoms in total. The largest absolute Gasteiger partial charge is 0.405 e. The fourth-order valence-electron chi connectivity index (χ4n) is 3.66. The van der Waals surface area contributed by atoms with E-state index in [2.05, 4.69) is 0 Å². The Hall–Kier alpha value is -2.67. The molecule has 156 valence electrons. The normalized spacial score (nSPS) is 21.2. The first-order chi connectivity index (χ1) is 14.4. The van der Waals surface area contributed by atoms with E-state index in [4.69, 9.17) is 25.8 Å². The first kappa shape index (κ1) is 20.6. The zero-order valence-corrected chi connectivity index (χ0v) is 17.3. The molecule has 1 saturated heterocycles. The number of ether oxygens (including phenoxy) is 3. The van der Waals surface area contributed by atoms with Gasteiger partial charge in [0.1, 0.15) is 0 Å². The number of benzene rings is 2. The molecule has 0 saturated carbocycles. The van der Waals surface area contributed by atoms with E-state index in [1.54, 1.807) is 11.9 Å². The number of hydrogen-bond acceptors (Lipinski definition) is 6. The highest BCUT2D eigenvalue weighted by Crippen LogP contribution is 2.33. The molecule has 2 aromatic carbocycles. The molecule has 1 unspecified atom stereocenters. The number of hydrogen-bond donors (Lipinski definition) is 0. The van der Waals surface area contributed by atoms with Crippen molar-refractivity contribution in [2.45, 2.75) is 31.5 Å². The lowest BCUT2D eigenvalue weighted by Crippen LogP contribution is -2.58. The van der Waals surface area contributed by atoms with Crippen LogP contribution in [0.25, 0.3) is 11.1 Å². The van der Waals surface area contributed by atoms with Gasteiger partial charge in [-0.2, -0.15) is 0 Å². The van der Waals surface area contributed by atoms with Crippen molar-refractivity contribution in [2.24, 2.45) is 0 Å². The van der Waals surface area contributed by atoms with Gasteiger partial charge in [-0.3, -0.25) is 0 Å². The highest BCUT2D eigenvalue weighted by atomic mass is 35.5. The minimum atomic E-state index is -1.44. The molecule has 0 amide bonds. The molecular weight excluding hydrogens is 406 g/mol. The molecule has 0 radical (unpaired) electrons. The van der Waals surface area contributed by atoms with Gasteiger partial charge in [0.2, 0.25) is 0 Å². The van der Waals surface area contributed by atoms with Crippen molar-refractivity contribution < 1.29 is 23.8 Å². The number of likely N-dealkylation sites (tertiary alicyclic amines) is 1. The molecule has 2 aliphatic heterocycles. The average Bonchev–Trinajstić information content (AvgIpc) is 2.88. The van der Waals surface area contributed by atoms with E-state index in [-0.39, 0.29) is 12.5 Å². The van der Waals surface area contributed by atoms with Crippen molar-refractivity contribution >= 4 is 23.5 Å². The van der Waals surface area contributed by atoms with Crippen LogP contribution in [0.4, 0.5) is 0 Å². The summed E-state index contributed by atoms with van der Waals surface area (Å²) in [6.07, 6.45) is 2.92. The van der Waals surface area contributed by atoms with Crippen LogP contribution < -0.4 is 0 Å². The number of halogens is 1. The van der Waals surface area contributed by atoms with Crippen molar-refractivity contribution in [3.05, 3.63) is 71.3 Å². The van der Waals surface area contributed by atoms with Crippen LogP contribution in [0.15, 0.2) is 60.7 Å². The van der Waals surface area contributed by atoms with Gasteiger partial charge in [0.05, 0.1) is 19.1 Å². The summed E-state index contributed by atoms with van der Waals surface area (Å²) in [4.78, 5) is 25.5. The molecule has 2 heterocycles. The maximum Gasteiger partial charge on any atom is 0.335 e. The van der Waals surface area contributed by atoms with Gasteiger partial charge < -0.3 is 14.2 Å². The first-order valence-electron chi connectivity index (χ1n) is 9.76. The Morgan fingerprint density at radius 2 is 1.73 bits per heavy atom. The highest BCUT2D eigenvalue weighted by Gasteiger charge is 2.48. The first-order valence-corrected chi connectivity index (χ1v) is 10.1. The Labute approximate surface area is 180 Å². The monoisotopic (exact) mass is 427 g/mol. The second-order valence-electron chi connectivity index (χ2n) is 7.41. The molecule has 1 fully saturated rings. The maximum absolute atomic E-state index is 11.9. The third kappa shape index (κ3) is 4.41. The van der Waals surface area contributed by atoms with Crippen molar-refractivity contribution in [3.8, 4) is 11.1 Å². The summed E-state index contributed by atoms with van der Waals surface area (Å²) < 4.78 is 17.0. The fraction of sp³-hybridized carbons (Fsp3) is 0.304. The van der Waals surface area contributed by atoms with Crippen molar-refractivity contribution in [2.75, 3.05) is 13.6 Å². The molecule has 1 atom stereocenters. The lowest BCUT2D eigenvalue weighted by Gasteiger charge is -2.44. The summed E-state index contributed by atoms with van der Waals surface area (Å²) in [7, 11) is 1.76. The molecule has 1 spiro atoms. The average molecular weight is 428 g/mol. The van der Waals surface area contributed by atoms with E-state index < -0.39 is 17.8 Å². The molecule has 0 N–H and O–H groups in total. The summed E-state index contributed by atoms with van der Waals surface area (Å²) >= 11 is 6.27. The van der Waals surface area contributed by atoms with Crippen LogP contribution in [0.2, 0.25) is 5.02 Å². The second kappa shape index (κ2) is 8.60. The van der Waals surface area contributed by atoms with Gasteiger partial charge in [0.15, 0.2) is 0 Å². The van der Waals surface area contributed by atoms with Gasteiger partial charge in [0.25, 0.3) is 0 Å². The third-order valence-electron chi connectivity index (χ3n) is 5.35. The molecule has 0 aliphatic carbocycles. The number of carbonyl (C=O) groups excluding carboxylic acids is 2. The summed E-state index contributed by atoms with van der Waals surface area (Å²) in [5, 5.41) is 0.708. The van der Waals surface area contributed by atoms with Gasteiger partial charge >= 0.3 is 17.8 Å². The van der Waals surface area contributed by atoms with Gasteiger partial charge in [0, 0.05) is 29.3 Å². The molecule has 0 bridgehead atoms. The second-order valence-corrected chi connectivity index (χ2v) is 7.82. The Kier molecular flexibility index (Phi) is 5.90. The lowest BCUT2D eigenvalue weighted by atomic mass is 10.0. The van der Waals surface area contributed by atoms with E-state index in [0.29, 0.717) is 18.2 Å². The molecule has 2 aliphatic rings. The predicted octanol–water partition coefficient (Wildman–Crippen LogP) is 3.93. The van der Waals surface area contributed by atoms with Gasteiger partial charge in [-0.25, -0.2) is 14.5 Å².